The number of carbonyl (C=O) groups excluding carboxylic acids is 1. The van der Waals surface area contributed by atoms with Crippen LogP contribution >= 0.6 is 23.2 Å². The number of benzene rings is 3. The van der Waals surface area contributed by atoms with Crippen molar-refractivity contribution in [1.29, 1.82) is 5.26 Å². The van der Waals surface area contributed by atoms with Gasteiger partial charge in [-0.15, -0.1) is 0 Å². The minimum atomic E-state index is -0.518. The minimum Gasteiger partial charge on any atom is -0.487 e. The third-order valence-corrected chi connectivity index (χ3v) is 4.76. The van der Waals surface area contributed by atoms with E-state index < -0.39 is 5.91 Å². The van der Waals surface area contributed by atoms with Crippen molar-refractivity contribution in [2.45, 2.75) is 13.5 Å². The molecule has 0 aromatic heterocycles. The van der Waals surface area contributed by atoms with Crippen molar-refractivity contribution in [2.24, 2.45) is 0 Å². The standard InChI is InChI=1S/C24H18Cl2N2O2/c1-16-3-2-4-18(11-16)15-30-23-10-5-17(13-22(23)26)12-19(14-27)24(29)28-21-8-6-20(25)7-9-21/h2-13H,15H2,1H3,(H,28,29)/b19-12+. The summed E-state index contributed by atoms with van der Waals surface area (Å²) in [5.41, 5.74) is 3.31. The van der Waals surface area contributed by atoms with Crippen molar-refractivity contribution in [3.63, 3.8) is 0 Å². The van der Waals surface area contributed by atoms with Crippen LogP contribution in [0.2, 0.25) is 10.0 Å². The molecule has 0 bridgehead atoms. The van der Waals surface area contributed by atoms with Crippen molar-refractivity contribution < 1.29 is 9.53 Å². The maximum absolute atomic E-state index is 12.4. The first-order chi connectivity index (χ1) is 14.4. The number of nitrogens with zero attached hydrogens (tertiary/aromatic N) is 1. The zero-order valence-electron chi connectivity index (χ0n) is 16.2. The van der Waals surface area contributed by atoms with Crippen molar-refractivity contribution in [3.05, 3.63) is 99.0 Å². The lowest BCUT2D eigenvalue weighted by Gasteiger charge is -2.09. The Morgan fingerprint density at radius 2 is 1.87 bits per heavy atom. The second-order valence-corrected chi connectivity index (χ2v) is 7.44. The molecule has 6 heteroatoms. The lowest BCUT2D eigenvalue weighted by molar-refractivity contribution is -0.112. The predicted octanol–water partition coefficient (Wildman–Crippen LogP) is 6.43. The summed E-state index contributed by atoms with van der Waals surface area (Å²) >= 11 is 12.2. The number of aryl methyl sites for hydroxylation is 1. The van der Waals surface area contributed by atoms with Gasteiger partial charge in [0.1, 0.15) is 24.0 Å². The molecule has 0 fully saturated rings. The number of carbonyl (C=O) groups is 1. The van der Waals surface area contributed by atoms with E-state index >= 15 is 0 Å². The van der Waals surface area contributed by atoms with Crippen LogP contribution in [0.4, 0.5) is 5.69 Å². The second kappa shape index (κ2) is 9.98. The van der Waals surface area contributed by atoms with Crippen molar-refractivity contribution >= 4 is 40.9 Å². The molecule has 4 nitrogen and oxygen atoms in total. The van der Waals surface area contributed by atoms with Gasteiger partial charge in [0, 0.05) is 10.7 Å². The molecule has 0 saturated heterocycles. The van der Waals surface area contributed by atoms with E-state index in [2.05, 4.69) is 5.32 Å². The highest BCUT2D eigenvalue weighted by Crippen LogP contribution is 2.27. The molecule has 0 aliphatic heterocycles. The Hall–Kier alpha value is -3.26. The second-order valence-electron chi connectivity index (χ2n) is 6.60. The predicted molar refractivity (Wildman–Crippen MR) is 121 cm³/mol. The van der Waals surface area contributed by atoms with Gasteiger partial charge in [0.15, 0.2) is 0 Å². The molecule has 0 unspecified atom stereocenters. The number of ether oxygens (including phenoxy) is 1. The molecule has 3 aromatic carbocycles. The highest BCUT2D eigenvalue weighted by Gasteiger charge is 2.11. The Balaban J connectivity index is 1.70. The molecule has 150 valence electrons. The summed E-state index contributed by atoms with van der Waals surface area (Å²) in [6.45, 7) is 2.41. The van der Waals surface area contributed by atoms with Gasteiger partial charge in [0.25, 0.3) is 5.91 Å². The Kier molecular flexibility index (Phi) is 7.13. The van der Waals surface area contributed by atoms with E-state index in [0.29, 0.717) is 33.7 Å². The Labute approximate surface area is 185 Å². The average molecular weight is 437 g/mol. The topological polar surface area (TPSA) is 62.1 Å². The Morgan fingerprint density at radius 1 is 1.10 bits per heavy atom. The van der Waals surface area contributed by atoms with Crippen molar-refractivity contribution in [1.82, 2.24) is 0 Å². The minimum absolute atomic E-state index is 0.0468. The molecule has 0 aliphatic carbocycles. The number of nitriles is 1. The molecule has 0 heterocycles. The van der Waals surface area contributed by atoms with Gasteiger partial charge < -0.3 is 10.1 Å². The third kappa shape index (κ3) is 5.87. The maximum Gasteiger partial charge on any atom is 0.266 e. The van der Waals surface area contributed by atoms with Gasteiger partial charge in [0.05, 0.1) is 5.02 Å². The Bertz CT molecular complexity index is 1130. The molecular weight excluding hydrogens is 419 g/mol. The number of anilines is 1. The number of hydrogen-bond acceptors (Lipinski definition) is 3. The number of amides is 1. The molecule has 3 rings (SSSR count). The third-order valence-electron chi connectivity index (χ3n) is 4.21. The van der Waals surface area contributed by atoms with Crippen LogP contribution in [0.5, 0.6) is 5.75 Å². The number of rotatable bonds is 6. The summed E-state index contributed by atoms with van der Waals surface area (Å²) in [7, 11) is 0. The van der Waals surface area contributed by atoms with Crippen LogP contribution in [-0.2, 0) is 11.4 Å². The Morgan fingerprint density at radius 3 is 2.53 bits per heavy atom. The van der Waals surface area contributed by atoms with E-state index in [9.17, 15) is 10.1 Å². The van der Waals surface area contributed by atoms with Gasteiger partial charge in [-0.1, -0.05) is 59.1 Å². The van der Waals surface area contributed by atoms with E-state index in [4.69, 9.17) is 27.9 Å². The van der Waals surface area contributed by atoms with Crippen LogP contribution in [0, 0.1) is 18.3 Å². The van der Waals surface area contributed by atoms with Gasteiger partial charge in [0.2, 0.25) is 0 Å². The highest BCUT2D eigenvalue weighted by atomic mass is 35.5. The fraction of sp³-hybridized carbons (Fsp3) is 0.0833. The molecule has 0 aliphatic rings. The summed E-state index contributed by atoms with van der Waals surface area (Å²) in [6.07, 6.45) is 1.47. The van der Waals surface area contributed by atoms with Crippen LogP contribution in [0.3, 0.4) is 0 Å². The molecular formula is C24H18Cl2N2O2. The van der Waals surface area contributed by atoms with Crippen molar-refractivity contribution in [2.75, 3.05) is 5.32 Å². The number of hydrogen-bond donors (Lipinski definition) is 1. The SMILES string of the molecule is Cc1cccc(COc2ccc(/C=C(\C#N)C(=O)Nc3ccc(Cl)cc3)cc2Cl)c1. The zero-order valence-corrected chi connectivity index (χ0v) is 17.7. The normalized spacial score (nSPS) is 10.9. The summed E-state index contributed by atoms with van der Waals surface area (Å²) in [4.78, 5) is 12.4. The van der Waals surface area contributed by atoms with Gasteiger partial charge in [-0.2, -0.15) is 5.26 Å². The van der Waals surface area contributed by atoms with Crippen LogP contribution in [-0.4, -0.2) is 5.91 Å². The number of nitrogens with one attached hydrogen (secondary N) is 1. The monoisotopic (exact) mass is 436 g/mol. The lowest BCUT2D eigenvalue weighted by atomic mass is 10.1. The van der Waals surface area contributed by atoms with Gasteiger partial charge in [-0.05, 0) is 60.5 Å². The molecule has 1 N–H and O–H groups in total. The van der Waals surface area contributed by atoms with E-state index in [1.165, 1.54) is 6.08 Å². The van der Waals surface area contributed by atoms with Gasteiger partial charge >= 0.3 is 0 Å². The highest BCUT2D eigenvalue weighted by molar-refractivity contribution is 6.32. The molecule has 30 heavy (non-hydrogen) atoms. The average Bonchev–Trinajstić information content (AvgIpc) is 2.73. The molecule has 0 saturated carbocycles. The van der Waals surface area contributed by atoms with E-state index in [1.54, 1.807) is 42.5 Å². The first-order valence-electron chi connectivity index (χ1n) is 9.11. The fourth-order valence-electron chi connectivity index (χ4n) is 2.73. The summed E-state index contributed by atoms with van der Waals surface area (Å²) < 4.78 is 5.79. The quantitative estimate of drug-likeness (QED) is 0.357. The molecule has 0 spiro atoms. The largest absolute Gasteiger partial charge is 0.487 e. The number of halogens is 2. The fourth-order valence-corrected chi connectivity index (χ4v) is 3.10. The van der Waals surface area contributed by atoms with Crippen LogP contribution < -0.4 is 10.1 Å². The molecule has 3 aromatic rings. The van der Waals surface area contributed by atoms with Crippen LogP contribution in [0.25, 0.3) is 6.08 Å². The zero-order chi connectivity index (χ0) is 21.5. The van der Waals surface area contributed by atoms with Crippen LogP contribution in [0.1, 0.15) is 16.7 Å². The van der Waals surface area contributed by atoms with Crippen LogP contribution in [0.15, 0.2) is 72.3 Å². The smallest absolute Gasteiger partial charge is 0.266 e. The first-order valence-corrected chi connectivity index (χ1v) is 9.87. The summed E-state index contributed by atoms with van der Waals surface area (Å²) in [6, 6.07) is 21.7. The maximum atomic E-state index is 12.4. The van der Waals surface area contributed by atoms with E-state index in [1.807, 2.05) is 37.3 Å². The summed E-state index contributed by atoms with van der Waals surface area (Å²) in [5, 5.41) is 13.0. The summed E-state index contributed by atoms with van der Waals surface area (Å²) in [5.74, 6) is 0.00941. The molecule has 1 amide bonds. The van der Waals surface area contributed by atoms with Gasteiger partial charge in [-0.3, -0.25) is 4.79 Å². The first kappa shape index (κ1) is 21.4. The lowest BCUT2D eigenvalue weighted by Crippen LogP contribution is -2.13. The van der Waals surface area contributed by atoms with E-state index in [-0.39, 0.29) is 5.57 Å². The van der Waals surface area contributed by atoms with Crippen molar-refractivity contribution in [3.8, 4) is 11.8 Å². The van der Waals surface area contributed by atoms with Gasteiger partial charge in [-0.25, -0.2) is 0 Å². The molecule has 0 radical (unpaired) electrons. The molecule has 0 atom stereocenters. The van der Waals surface area contributed by atoms with E-state index in [0.717, 1.165) is 11.1 Å².